The SMILES string of the molecule is Cc1ccccc1OCC(=O)N1Cc2ccnn2CC[C@H]1CN(C)C. The Morgan fingerprint density at radius 1 is 1.32 bits per heavy atom. The number of fused-ring (bicyclic) bond motifs is 1. The number of nitrogens with zero attached hydrogens (tertiary/aromatic N) is 4. The van der Waals surface area contributed by atoms with Crippen LogP contribution in [0.25, 0.3) is 0 Å². The zero-order valence-corrected chi connectivity index (χ0v) is 15.2. The smallest absolute Gasteiger partial charge is 0.261 e. The van der Waals surface area contributed by atoms with E-state index in [2.05, 4.69) is 10.00 Å². The molecule has 1 aliphatic rings. The summed E-state index contributed by atoms with van der Waals surface area (Å²) in [4.78, 5) is 17.0. The largest absolute Gasteiger partial charge is 0.484 e. The number of likely N-dealkylation sites (N-methyl/N-ethyl adjacent to an activating group) is 1. The van der Waals surface area contributed by atoms with Crippen LogP contribution in [0.1, 0.15) is 17.7 Å². The van der Waals surface area contributed by atoms with Gasteiger partial charge in [0.2, 0.25) is 0 Å². The van der Waals surface area contributed by atoms with Crippen LogP contribution >= 0.6 is 0 Å². The first kappa shape index (κ1) is 17.5. The molecule has 2 aromatic rings. The Balaban J connectivity index is 1.73. The Kier molecular flexibility index (Phi) is 5.38. The van der Waals surface area contributed by atoms with Gasteiger partial charge in [0, 0.05) is 25.3 Å². The molecule has 1 aromatic carbocycles. The van der Waals surface area contributed by atoms with Crippen LogP contribution in [0.4, 0.5) is 0 Å². The van der Waals surface area contributed by atoms with Crippen molar-refractivity contribution in [3.63, 3.8) is 0 Å². The summed E-state index contributed by atoms with van der Waals surface area (Å²) in [5.74, 6) is 0.782. The van der Waals surface area contributed by atoms with Crippen LogP contribution in [0, 0.1) is 6.92 Å². The van der Waals surface area contributed by atoms with E-state index in [1.165, 1.54) is 0 Å². The quantitative estimate of drug-likeness (QED) is 0.833. The molecule has 0 N–H and O–H groups in total. The van der Waals surface area contributed by atoms with Crippen LogP contribution < -0.4 is 4.74 Å². The second-order valence-corrected chi connectivity index (χ2v) is 6.83. The van der Waals surface area contributed by atoms with Gasteiger partial charge in [-0.1, -0.05) is 18.2 Å². The average molecular weight is 342 g/mol. The van der Waals surface area contributed by atoms with Crippen molar-refractivity contribution in [1.29, 1.82) is 0 Å². The summed E-state index contributed by atoms with van der Waals surface area (Å²) in [7, 11) is 4.08. The molecule has 0 unspecified atom stereocenters. The Hall–Kier alpha value is -2.34. The van der Waals surface area contributed by atoms with Crippen LogP contribution in [-0.2, 0) is 17.9 Å². The molecule has 1 aromatic heterocycles. The Morgan fingerprint density at radius 2 is 2.12 bits per heavy atom. The van der Waals surface area contributed by atoms with Crippen molar-refractivity contribution in [3.8, 4) is 5.75 Å². The summed E-state index contributed by atoms with van der Waals surface area (Å²) in [6, 6.07) is 9.92. The molecule has 0 saturated heterocycles. The van der Waals surface area contributed by atoms with Crippen molar-refractivity contribution in [2.24, 2.45) is 0 Å². The third kappa shape index (κ3) is 4.20. The highest BCUT2D eigenvalue weighted by molar-refractivity contribution is 5.78. The molecule has 1 amide bonds. The number of aromatic nitrogens is 2. The highest BCUT2D eigenvalue weighted by atomic mass is 16.5. The first-order valence-electron chi connectivity index (χ1n) is 8.68. The minimum atomic E-state index is 0.0183. The lowest BCUT2D eigenvalue weighted by Gasteiger charge is -2.31. The van der Waals surface area contributed by atoms with Gasteiger partial charge in [0.1, 0.15) is 5.75 Å². The van der Waals surface area contributed by atoms with Crippen molar-refractivity contribution in [1.82, 2.24) is 19.6 Å². The Bertz CT molecular complexity index is 726. The van der Waals surface area contributed by atoms with Crippen LogP contribution in [-0.4, -0.2) is 58.8 Å². The van der Waals surface area contributed by atoms with Crippen molar-refractivity contribution in [3.05, 3.63) is 47.8 Å². The number of amides is 1. The minimum absolute atomic E-state index is 0.0183. The molecule has 0 spiro atoms. The van der Waals surface area contributed by atoms with Gasteiger partial charge in [-0.15, -0.1) is 0 Å². The maximum atomic E-state index is 12.9. The highest BCUT2D eigenvalue weighted by Crippen LogP contribution is 2.20. The normalized spacial score (nSPS) is 17.3. The number of rotatable bonds is 5. The van der Waals surface area contributed by atoms with Crippen molar-refractivity contribution >= 4 is 5.91 Å². The van der Waals surface area contributed by atoms with Gasteiger partial charge in [0.05, 0.1) is 12.2 Å². The Morgan fingerprint density at radius 3 is 2.88 bits per heavy atom. The van der Waals surface area contributed by atoms with Crippen molar-refractivity contribution in [2.45, 2.75) is 32.5 Å². The van der Waals surface area contributed by atoms with Crippen molar-refractivity contribution < 1.29 is 9.53 Å². The molecule has 0 bridgehead atoms. The van der Waals surface area contributed by atoms with Gasteiger partial charge in [0.15, 0.2) is 6.61 Å². The summed E-state index contributed by atoms with van der Waals surface area (Å²) >= 11 is 0. The number of hydrogen-bond donors (Lipinski definition) is 0. The van der Waals surface area contributed by atoms with Gasteiger partial charge < -0.3 is 14.5 Å². The first-order valence-corrected chi connectivity index (χ1v) is 8.68. The zero-order chi connectivity index (χ0) is 17.8. The molecule has 1 atom stereocenters. The fraction of sp³-hybridized carbons (Fsp3) is 0.474. The molecular formula is C19H26N4O2. The fourth-order valence-electron chi connectivity index (χ4n) is 3.27. The molecule has 6 nitrogen and oxygen atoms in total. The zero-order valence-electron chi connectivity index (χ0n) is 15.2. The van der Waals surface area contributed by atoms with E-state index in [4.69, 9.17) is 4.74 Å². The number of hydrogen-bond acceptors (Lipinski definition) is 4. The van der Waals surface area contributed by atoms with E-state index in [-0.39, 0.29) is 18.6 Å². The van der Waals surface area contributed by atoms with Crippen molar-refractivity contribution in [2.75, 3.05) is 27.2 Å². The van der Waals surface area contributed by atoms with E-state index in [0.717, 1.165) is 36.5 Å². The standard InChI is InChI=1S/C19H26N4O2/c1-15-6-4-5-7-18(15)25-14-19(24)22-13-17-8-10-20-23(17)11-9-16(22)12-21(2)3/h4-8,10,16H,9,11-14H2,1-3H3/t16-/m0/s1. The van der Waals surface area contributed by atoms with Gasteiger partial charge in [-0.25, -0.2) is 0 Å². The molecule has 25 heavy (non-hydrogen) atoms. The van der Waals surface area contributed by atoms with Crippen LogP contribution in [0.5, 0.6) is 5.75 Å². The van der Waals surface area contributed by atoms with Gasteiger partial charge in [0.25, 0.3) is 5.91 Å². The van der Waals surface area contributed by atoms with Gasteiger partial charge >= 0.3 is 0 Å². The lowest BCUT2D eigenvalue weighted by molar-refractivity contribution is -0.136. The van der Waals surface area contributed by atoms with E-state index in [0.29, 0.717) is 6.54 Å². The summed E-state index contributed by atoms with van der Waals surface area (Å²) in [5, 5.41) is 4.36. The fourth-order valence-corrected chi connectivity index (χ4v) is 3.27. The lowest BCUT2D eigenvalue weighted by atomic mass is 10.1. The summed E-state index contributed by atoms with van der Waals surface area (Å²) in [6.07, 6.45) is 2.69. The van der Waals surface area contributed by atoms with Crippen LogP contribution in [0.2, 0.25) is 0 Å². The minimum Gasteiger partial charge on any atom is -0.484 e. The van der Waals surface area contributed by atoms with E-state index in [9.17, 15) is 4.79 Å². The average Bonchev–Trinajstić information content (AvgIpc) is 2.95. The number of carbonyl (C=O) groups excluding carboxylic acids is 1. The summed E-state index contributed by atoms with van der Waals surface area (Å²) < 4.78 is 7.79. The predicted octanol–water partition coefficient (Wildman–Crippen LogP) is 1.93. The number of benzene rings is 1. The van der Waals surface area contributed by atoms with Crippen LogP contribution in [0.3, 0.4) is 0 Å². The molecule has 0 saturated carbocycles. The third-order valence-electron chi connectivity index (χ3n) is 4.59. The lowest BCUT2D eigenvalue weighted by Crippen LogP contribution is -2.46. The molecule has 134 valence electrons. The van der Waals surface area contributed by atoms with E-state index >= 15 is 0 Å². The molecule has 1 aliphatic heterocycles. The van der Waals surface area contributed by atoms with Gasteiger partial charge in [-0.05, 0) is 45.1 Å². The number of para-hydroxylation sites is 1. The molecule has 0 fully saturated rings. The van der Waals surface area contributed by atoms with Crippen LogP contribution in [0.15, 0.2) is 36.5 Å². The predicted molar refractivity (Wildman–Crippen MR) is 96.4 cm³/mol. The maximum Gasteiger partial charge on any atom is 0.261 e. The second-order valence-electron chi connectivity index (χ2n) is 6.83. The van der Waals surface area contributed by atoms with E-state index < -0.39 is 0 Å². The number of ether oxygens (including phenoxy) is 1. The topological polar surface area (TPSA) is 50.6 Å². The number of carbonyl (C=O) groups is 1. The summed E-state index contributed by atoms with van der Waals surface area (Å²) in [6.45, 7) is 4.29. The Labute approximate surface area is 149 Å². The molecule has 0 radical (unpaired) electrons. The summed E-state index contributed by atoms with van der Waals surface area (Å²) in [5.41, 5.74) is 2.11. The monoisotopic (exact) mass is 342 g/mol. The molecule has 6 heteroatoms. The van der Waals surface area contributed by atoms with Gasteiger partial charge in [-0.3, -0.25) is 9.48 Å². The molecule has 0 aliphatic carbocycles. The number of aryl methyl sites for hydroxylation is 2. The molecular weight excluding hydrogens is 316 g/mol. The van der Waals surface area contributed by atoms with E-state index in [1.54, 1.807) is 6.20 Å². The van der Waals surface area contributed by atoms with Gasteiger partial charge in [-0.2, -0.15) is 5.10 Å². The molecule has 3 rings (SSSR count). The van der Waals surface area contributed by atoms with E-state index in [1.807, 2.05) is 60.9 Å². The second kappa shape index (κ2) is 7.70. The third-order valence-corrected chi connectivity index (χ3v) is 4.59. The highest BCUT2D eigenvalue weighted by Gasteiger charge is 2.28. The molecule has 2 heterocycles. The maximum absolute atomic E-state index is 12.9. The first-order chi connectivity index (χ1) is 12.0.